The van der Waals surface area contributed by atoms with Gasteiger partial charge >= 0.3 is 5.97 Å². The van der Waals surface area contributed by atoms with E-state index in [1.54, 1.807) is 6.08 Å². The van der Waals surface area contributed by atoms with Crippen molar-refractivity contribution in [3.05, 3.63) is 70.8 Å². The first-order valence-corrected chi connectivity index (χ1v) is 6.74. The van der Waals surface area contributed by atoms with Gasteiger partial charge in [-0.15, -0.1) is 0 Å². The maximum atomic E-state index is 10.4. The molecule has 0 aromatic heterocycles. The molecule has 0 unspecified atom stereocenters. The minimum Gasteiger partial charge on any atom is -0.489 e. The Hall–Kier alpha value is -2.55. The van der Waals surface area contributed by atoms with Crippen molar-refractivity contribution in [1.29, 1.82) is 0 Å². The molecule has 2 rings (SSSR count). The summed E-state index contributed by atoms with van der Waals surface area (Å²) in [6.45, 7) is 4.69. The highest BCUT2D eigenvalue weighted by Crippen LogP contribution is 2.16. The molecule has 3 nitrogen and oxygen atoms in total. The van der Waals surface area contributed by atoms with Crippen molar-refractivity contribution in [2.75, 3.05) is 0 Å². The number of aryl methyl sites for hydroxylation is 2. The third kappa shape index (κ3) is 4.49. The number of rotatable bonds is 5. The van der Waals surface area contributed by atoms with Crippen LogP contribution in [0.5, 0.6) is 5.75 Å². The summed E-state index contributed by atoms with van der Waals surface area (Å²) in [7, 11) is 0. The van der Waals surface area contributed by atoms with Gasteiger partial charge in [0.2, 0.25) is 0 Å². The molecule has 0 aliphatic carbocycles. The quantitative estimate of drug-likeness (QED) is 0.844. The highest BCUT2D eigenvalue weighted by molar-refractivity contribution is 5.85. The molecule has 0 atom stereocenters. The van der Waals surface area contributed by atoms with E-state index in [0.717, 1.165) is 23.0 Å². The van der Waals surface area contributed by atoms with E-state index in [2.05, 4.69) is 32.0 Å². The van der Waals surface area contributed by atoms with E-state index in [4.69, 9.17) is 9.84 Å². The summed E-state index contributed by atoms with van der Waals surface area (Å²) in [6.07, 6.45) is 2.67. The second kappa shape index (κ2) is 6.75. The lowest BCUT2D eigenvalue weighted by atomic mass is 10.1. The number of carboxylic acids is 1. The number of aliphatic carboxylic acids is 1. The van der Waals surface area contributed by atoms with Gasteiger partial charge in [-0.3, -0.25) is 0 Å². The van der Waals surface area contributed by atoms with Crippen LogP contribution in [0.15, 0.2) is 48.5 Å². The lowest BCUT2D eigenvalue weighted by Crippen LogP contribution is -1.96. The molecule has 2 aromatic rings. The van der Waals surface area contributed by atoms with Gasteiger partial charge in [-0.25, -0.2) is 4.79 Å². The Morgan fingerprint density at radius 3 is 2.43 bits per heavy atom. The van der Waals surface area contributed by atoms with Crippen LogP contribution in [0.2, 0.25) is 0 Å². The van der Waals surface area contributed by atoms with Crippen LogP contribution in [0.1, 0.15) is 22.3 Å². The molecular formula is C18H18O3. The van der Waals surface area contributed by atoms with Crippen molar-refractivity contribution in [3.63, 3.8) is 0 Å². The second-order valence-electron chi connectivity index (χ2n) is 4.95. The van der Waals surface area contributed by atoms with Gasteiger partial charge < -0.3 is 9.84 Å². The number of hydrogen-bond donors (Lipinski definition) is 1. The lowest BCUT2D eigenvalue weighted by Gasteiger charge is -2.08. The molecule has 2 aromatic carbocycles. The summed E-state index contributed by atoms with van der Waals surface area (Å²) in [4.78, 5) is 10.4. The van der Waals surface area contributed by atoms with Crippen molar-refractivity contribution in [3.8, 4) is 5.75 Å². The Kier molecular flexibility index (Phi) is 4.77. The van der Waals surface area contributed by atoms with Gasteiger partial charge in [0, 0.05) is 6.08 Å². The first-order valence-electron chi connectivity index (χ1n) is 6.74. The molecular weight excluding hydrogens is 264 g/mol. The molecule has 0 amide bonds. The zero-order valence-corrected chi connectivity index (χ0v) is 12.2. The predicted molar refractivity (Wildman–Crippen MR) is 83.4 cm³/mol. The summed E-state index contributed by atoms with van der Waals surface area (Å²) in [6, 6.07) is 13.6. The van der Waals surface area contributed by atoms with Gasteiger partial charge in [0.05, 0.1) is 0 Å². The maximum Gasteiger partial charge on any atom is 0.328 e. The number of carboxylic acid groups (broad SMARTS) is 1. The Bertz CT molecular complexity index is 655. The van der Waals surface area contributed by atoms with Gasteiger partial charge in [0.1, 0.15) is 12.4 Å². The molecule has 0 bridgehead atoms. The highest BCUT2D eigenvalue weighted by atomic mass is 16.5. The van der Waals surface area contributed by atoms with Crippen LogP contribution >= 0.6 is 0 Å². The molecule has 21 heavy (non-hydrogen) atoms. The van der Waals surface area contributed by atoms with E-state index < -0.39 is 5.97 Å². The SMILES string of the molecule is Cc1ccc(COc2ccc(C=CC(=O)O)cc2)cc1C. The van der Waals surface area contributed by atoms with Crippen molar-refractivity contribution in [2.45, 2.75) is 20.5 Å². The van der Waals surface area contributed by atoms with Crippen molar-refractivity contribution in [1.82, 2.24) is 0 Å². The van der Waals surface area contributed by atoms with Gasteiger partial charge in [0.15, 0.2) is 0 Å². The molecule has 0 fully saturated rings. The summed E-state index contributed by atoms with van der Waals surface area (Å²) in [5.41, 5.74) is 4.49. The van der Waals surface area contributed by atoms with Crippen LogP contribution in [-0.4, -0.2) is 11.1 Å². The molecule has 0 heterocycles. The Morgan fingerprint density at radius 1 is 1.10 bits per heavy atom. The second-order valence-corrected chi connectivity index (χ2v) is 4.95. The average molecular weight is 282 g/mol. The zero-order valence-electron chi connectivity index (χ0n) is 12.2. The van der Waals surface area contributed by atoms with Crippen molar-refractivity contribution < 1.29 is 14.6 Å². The molecule has 0 saturated heterocycles. The fraction of sp³-hybridized carbons (Fsp3) is 0.167. The third-order valence-electron chi connectivity index (χ3n) is 3.28. The number of carbonyl (C=O) groups is 1. The Morgan fingerprint density at radius 2 is 1.81 bits per heavy atom. The summed E-state index contributed by atoms with van der Waals surface area (Å²) >= 11 is 0. The first kappa shape index (κ1) is 14.9. The van der Waals surface area contributed by atoms with E-state index in [-0.39, 0.29) is 0 Å². The smallest absolute Gasteiger partial charge is 0.328 e. The van der Waals surface area contributed by atoms with E-state index >= 15 is 0 Å². The van der Waals surface area contributed by atoms with Crippen molar-refractivity contribution >= 4 is 12.0 Å². The van der Waals surface area contributed by atoms with Crippen LogP contribution in [0, 0.1) is 13.8 Å². The molecule has 0 aliphatic heterocycles. The summed E-state index contributed by atoms with van der Waals surface area (Å²) < 4.78 is 5.73. The fourth-order valence-electron chi connectivity index (χ4n) is 1.90. The maximum absolute atomic E-state index is 10.4. The molecule has 108 valence electrons. The minimum atomic E-state index is -0.954. The fourth-order valence-corrected chi connectivity index (χ4v) is 1.90. The standard InChI is InChI=1S/C18H18O3/c1-13-3-4-16(11-14(13)2)12-21-17-8-5-15(6-9-17)7-10-18(19)20/h3-11H,12H2,1-2H3,(H,19,20). The Labute approximate surface area is 124 Å². The van der Waals surface area contributed by atoms with E-state index in [1.807, 2.05) is 24.3 Å². The topological polar surface area (TPSA) is 46.5 Å². The first-order chi connectivity index (χ1) is 10.0. The molecule has 0 saturated carbocycles. The van der Waals surface area contributed by atoms with Crippen LogP contribution in [0.3, 0.4) is 0 Å². The number of ether oxygens (including phenoxy) is 1. The van der Waals surface area contributed by atoms with E-state index in [0.29, 0.717) is 6.61 Å². The van der Waals surface area contributed by atoms with Gasteiger partial charge in [0.25, 0.3) is 0 Å². The van der Waals surface area contributed by atoms with Crippen LogP contribution in [0.25, 0.3) is 6.08 Å². The minimum absolute atomic E-state index is 0.519. The molecule has 0 spiro atoms. The molecule has 0 aliphatic rings. The van der Waals surface area contributed by atoms with E-state index in [1.165, 1.54) is 11.1 Å². The third-order valence-corrected chi connectivity index (χ3v) is 3.28. The zero-order chi connectivity index (χ0) is 15.2. The summed E-state index contributed by atoms with van der Waals surface area (Å²) in [5, 5.41) is 8.57. The number of hydrogen-bond acceptors (Lipinski definition) is 2. The van der Waals surface area contributed by atoms with Crippen LogP contribution in [-0.2, 0) is 11.4 Å². The van der Waals surface area contributed by atoms with Crippen LogP contribution in [0.4, 0.5) is 0 Å². The Balaban J connectivity index is 1.97. The normalized spacial score (nSPS) is 10.8. The van der Waals surface area contributed by atoms with Gasteiger partial charge in [-0.2, -0.15) is 0 Å². The van der Waals surface area contributed by atoms with Gasteiger partial charge in [-0.05, 0) is 54.3 Å². The van der Waals surface area contributed by atoms with Crippen molar-refractivity contribution in [2.24, 2.45) is 0 Å². The monoisotopic (exact) mass is 282 g/mol. The molecule has 1 N–H and O–H groups in total. The predicted octanol–water partition coefficient (Wildman–Crippen LogP) is 3.98. The highest BCUT2D eigenvalue weighted by Gasteiger charge is 1.99. The van der Waals surface area contributed by atoms with Gasteiger partial charge in [-0.1, -0.05) is 30.3 Å². The number of benzene rings is 2. The lowest BCUT2D eigenvalue weighted by molar-refractivity contribution is -0.131. The largest absolute Gasteiger partial charge is 0.489 e. The van der Waals surface area contributed by atoms with E-state index in [9.17, 15) is 4.79 Å². The van der Waals surface area contributed by atoms with Crippen LogP contribution < -0.4 is 4.74 Å². The molecule has 3 heteroatoms. The molecule has 0 radical (unpaired) electrons. The average Bonchev–Trinajstić information content (AvgIpc) is 2.47. The summed E-state index contributed by atoms with van der Waals surface area (Å²) in [5.74, 6) is -0.189.